The zero-order valence-corrected chi connectivity index (χ0v) is 15.7. The molecule has 26 heavy (non-hydrogen) atoms. The molecular formula is C18H28FN3O3S. The number of primary amides is 1. The standard InChI is InChI=1S/C18H28FN3O3S/c19-17-5-1-3-13(6-9-18(20)23)16(17)8-7-15-11-21-14-4-2-10-26(24,25)22(15)12-14/h1,3,5,14-15,21,24-25H,2,4,6-12H2,(H2,20,23). The van der Waals surface area contributed by atoms with E-state index >= 15 is 0 Å². The van der Waals surface area contributed by atoms with Gasteiger partial charge in [-0.15, -0.1) is 10.8 Å². The van der Waals surface area contributed by atoms with Gasteiger partial charge in [0.05, 0.1) is 5.75 Å². The number of benzene rings is 1. The quantitative estimate of drug-likeness (QED) is 0.602. The number of fused-ring (bicyclic) bond motifs is 2. The Bertz CT molecular complexity index is 659. The monoisotopic (exact) mass is 385 g/mol. The molecule has 2 aliphatic heterocycles. The third kappa shape index (κ3) is 4.55. The van der Waals surface area contributed by atoms with Crippen LogP contribution in [0.5, 0.6) is 0 Å². The Hall–Kier alpha value is -1.19. The average molecular weight is 386 g/mol. The Morgan fingerprint density at radius 2 is 2.19 bits per heavy atom. The predicted octanol–water partition coefficient (Wildman–Crippen LogP) is 2.28. The highest BCUT2D eigenvalue weighted by molar-refractivity contribution is 8.22. The second-order valence-corrected chi connectivity index (χ2v) is 9.36. The number of piperazine rings is 1. The predicted molar refractivity (Wildman–Crippen MR) is 101 cm³/mol. The molecule has 0 aliphatic carbocycles. The fourth-order valence-electron chi connectivity index (χ4n) is 3.96. The number of aryl methyl sites for hydroxylation is 1. The number of rotatable bonds is 6. The summed E-state index contributed by atoms with van der Waals surface area (Å²) in [7, 11) is -2.75. The Morgan fingerprint density at radius 1 is 1.38 bits per heavy atom. The molecule has 6 nitrogen and oxygen atoms in total. The van der Waals surface area contributed by atoms with E-state index in [-0.39, 0.29) is 18.3 Å². The van der Waals surface area contributed by atoms with Crippen molar-refractivity contribution in [3.05, 3.63) is 35.1 Å². The first-order valence-corrected chi connectivity index (χ1v) is 10.8. The molecule has 0 radical (unpaired) electrons. The number of nitrogens with two attached hydrogens (primary N) is 1. The molecule has 2 heterocycles. The number of hydrogen-bond donors (Lipinski definition) is 4. The minimum absolute atomic E-state index is 0.0436. The highest BCUT2D eigenvalue weighted by Gasteiger charge is 2.38. The van der Waals surface area contributed by atoms with E-state index in [1.54, 1.807) is 6.07 Å². The van der Waals surface area contributed by atoms with Crippen molar-refractivity contribution in [1.29, 1.82) is 0 Å². The van der Waals surface area contributed by atoms with E-state index in [4.69, 9.17) is 5.73 Å². The summed E-state index contributed by atoms with van der Waals surface area (Å²) in [6, 6.07) is 5.15. The maximum atomic E-state index is 14.4. The van der Waals surface area contributed by atoms with Crippen molar-refractivity contribution in [2.24, 2.45) is 5.73 Å². The maximum Gasteiger partial charge on any atom is 0.217 e. The molecule has 2 bridgehead atoms. The third-order valence-electron chi connectivity index (χ3n) is 5.38. The summed E-state index contributed by atoms with van der Waals surface area (Å²) in [6.07, 6.45) is 3.48. The van der Waals surface area contributed by atoms with E-state index < -0.39 is 16.7 Å². The van der Waals surface area contributed by atoms with Gasteiger partial charge in [0, 0.05) is 31.6 Å². The lowest BCUT2D eigenvalue weighted by Gasteiger charge is -2.49. The molecular weight excluding hydrogens is 357 g/mol. The first kappa shape index (κ1) is 19.6. The summed E-state index contributed by atoms with van der Waals surface area (Å²) >= 11 is 0. The van der Waals surface area contributed by atoms with E-state index in [0.717, 1.165) is 18.4 Å². The van der Waals surface area contributed by atoms with Crippen molar-refractivity contribution in [2.45, 2.75) is 50.6 Å². The topological polar surface area (TPSA) is 98.8 Å². The van der Waals surface area contributed by atoms with Crippen molar-refractivity contribution in [2.75, 3.05) is 18.8 Å². The Labute approximate surface area is 155 Å². The normalized spacial score (nSPS) is 29.0. The van der Waals surface area contributed by atoms with Gasteiger partial charge in [-0.3, -0.25) is 13.9 Å². The first-order chi connectivity index (χ1) is 12.4. The second kappa shape index (κ2) is 8.22. The van der Waals surface area contributed by atoms with Crippen LogP contribution < -0.4 is 11.1 Å². The van der Waals surface area contributed by atoms with Gasteiger partial charge in [0.2, 0.25) is 5.91 Å². The number of halogens is 1. The molecule has 1 aromatic carbocycles. The van der Waals surface area contributed by atoms with Crippen LogP contribution in [0.25, 0.3) is 0 Å². The Balaban J connectivity index is 1.71. The SMILES string of the molecule is NC(=O)CCc1cccc(F)c1CCC1CNC2CCCS(O)(O)N1C2. The third-order valence-corrected chi connectivity index (χ3v) is 7.42. The van der Waals surface area contributed by atoms with Crippen LogP contribution in [0.4, 0.5) is 4.39 Å². The molecule has 2 aliphatic rings. The zero-order valence-electron chi connectivity index (χ0n) is 14.9. The van der Waals surface area contributed by atoms with Gasteiger partial charge in [-0.1, -0.05) is 12.1 Å². The van der Waals surface area contributed by atoms with Crippen molar-refractivity contribution < 1.29 is 18.3 Å². The van der Waals surface area contributed by atoms with Crippen molar-refractivity contribution in [3.63, 3.8) is 0 Å². The van der Waals surface area contributed by atoms with E-state index in [9.17, 15) is 18.3 Å². The molecule has 0 aromatic heterocycles. The van der Waals surface area contributed by atoms with Crippen molar-refractivity contribution >= 4 is 16.7 Å². The van der Waals surface area contributed by atoms with Gasteiger partial charge in [0.15, 0.2) is 0 Å². The highest BCUT2D eigenvalue weighted by atomic mass is 32.3. The van der Waals surface area contributed by atoms with Gasteiger partial charge in [0.1, 0.15) is 5.82 Å². The lowest BCUT2D eigenvalue weighted by molar-refractivity contribution is -0.117. The van der Waals surface area contributed by atoms with Crippen LogP contribution in [-0.2, 0) is 17.6 Å². The Kier molecular flexibility index (Phi) is 6.19. The molecule has 2 saturated heterocycles. The number of carbonyl (C=O) groups excluding carboxylic acids is 1. The van der Waals surface area contributed by atoms with Gasteiger partial charge in [-0.2, -0.15) is 0 Å². The van der Waals surface area contributed by atoms with Crippen molar-refractivity contribution in [3.8, 4) is 0 Å². The summed E-state index contributed by atoms with van der Waals surface area (Å²) in [5.41, 5.74) is 6.62. The van der Waals surface area contributed by atoms with Crippen LogP contribution in [-0.4, -0.2) is 50.2 Å². The molecule has 3 unspecified atom stereocenters. The second-order valence-electron chi connectivity index (χ2n) is 7.22. The molecule has 1 aromatic rings. The largest absolute Gasteiger partial charge is 0.370 e. The molecule has 2 fully saturated rings. The first-order valence-electron chi connectivity index (χ1n) is 9.17. The van der Waals surface area contributed by atoms with E-state index in [2.05, 4.69) is 5.32 Å². The lowest BCUT2D eigenvalue weighted by Crippen LogP contribution is -2.55. The van der Waals surface area contributed by atoms with E-state index in [1.807, 2.05) is 10.4 Å². The average Bonchev–Trinajstić information content (AvgIpc) is 2.70. The highest BCUT2D eigenvalue weighted by Crippen LogP contribution is 2.48. The van der Waals surface area contributed by atoms with Gasteiger partial charge in [-0.25, -0.2) is 8.70 Å². The zero-order chi connectivity index (χ0) is 18.7. The van der Waals surface area contributed by atoms with Crippen molar-refractivity contribution in [1.82, 2.24) is 9.62 Å². The number of amides is 1. The fraction of sp³-hybridized carbons (Fsp3) is 0.611. The fourth-order valence-corrected chi connectivity index (χ4v) is 5.82. The summed E-state index contributed by atoms with van der Waals surface area (Å²) in [5.74, 6) is -0.275. The van der Waals surface area contributed by atoms with Crippen LogP contribution in [0.15, 0.2) is 18.2 Å². The maximum absolute atomic E-state index is 14.4. The van der Waals surface area contributed by atoms with Crippen LogP contribution in [0.3, 0.4) is 0 Å². The lowest BCUT2D eigenvalue weighted by atomic mass is 9.95. The molecule has 5 N–H and O–H groups in total. The summed E-state index contributed by atoms with van der Waals surface area (Å²) in [4.78, 5) is 11.1. The molecule has 0 saturated carbocycles. The van der Waals surface area contributed by atoms with Crippen LogP contribution in [0, 0.1) is 5.82 Å². The van der Waals surface area contributed by atoms with Crippen LogP contribution >= 0.6 is 10.8 Å². The number of hydrogen-bond acceptors (Lipinski definition) is 5. The number of nitrogens with one attached hydrogen (secondary N) is 1. The van der Waals surface area contributed by atoms with Crippen LogP contribution in [0.2, 0.25) is 0 Å². The minimum Gasteiger partial charge on any atom is -0.370 e. The van der Waals surface area contributed by atoms with E-state index in [0.29, 0.717) is 49.7 Å². The summed E-state index contributed by atoms with van der Waals surface area (Å²) in [6.45, 7) is 1.30. The van der Waals surface area contributed by atoms with Gasteiger partial charge in [0.25, 0.3) is 0 Å². The summed E-state index contributed by atoms with van der Waals surface area (Å²) < 4.78 is 37.2. The van der Waals surface area contributed by atoms with Gasteiger partial charge < -0.3 is 11.1 Å². The molecule has 3 rings (SSSR count). The minimum atomic E-state index is -2.75. The van der Waals surface area contributed by atoms with E-state index in [1.165, 1.54) is 6.07 Å². The van der Waals surface area contributed by atoms with Gasteiger partial charge >= 0.3 is 0 Å². The van der Waals surface area contributed by atoms with Gasteiger partial charge in [-0.05, 0) is 49.3 Å². The van der Waals surface area contributed by atoms with Crippen LogP contribution in [0.1, 0.15) is 36.8 Å². The summed E-state index contributed by atoms with van der Waals surface area (Å²) in [5, 5.41) is 3.48. The molecule has 8 heteroatoms. The molecule has 1 amide bonds. The number of nitrogens with zero attached hydrogens (tertiary/aromatic N) is 1. The molecule has 3 atom stereocenters. The molecule has 146 valence electrons. The molecule has 0 spiro atoms. The Morgan fingerprint density at radius 3 is 2.96 bits per heavy atom. The smallest absolute Gasteiger partial charge is 0.217 e. The number of carbonyl (C=O) groups is 1.